The molecular formula is C12H15ClN2S. The van der Waals surface area contributed by atoms with E-state index in [-0.39, 0.29) is 12.4 Å². The van der Waals surface area contributed by atoms with Gasteiger partial charge in [0, 0.05) is 12.6 Å². The van der Waals surface area contributed by atoms with Crippen molar-refractivity contribution in [2.24, 2.45) is 0 Å². The summed E-state index contributed by atoms with van der Waals surface area (Å²) in [6, 6.07) is 9.25. The summed E-state index contributed by atoms with van der Waals surface area (Å²) in [6.07, 6.45) is 1.22. The molecule has 4 heteroatoms. The highest BCUT2D eigenvalue weighted by Gasteiger charge is 2.14. The fourth-order valence-electron chi connectivity index (χ4n) is 2.10. The second-order valence-corrected chi connectivity index (χ2v) is 4.89. The lowest BCUT2D eigenvalue weighted by molar-refractivity contribution is 0.795. The molecule has 1 aliphatic rings. The number of rotatable bonds is 2. The molecule has 86 valence electrons. The van der Waals surface area contributed by atoms with Gasteiger partial charge in [0.15, 0.2) is 0 Å². The van der Waals surface area contributed by atoms with E-state index in [0.29, 0.717) is 6.04 Å². The van der Waals surface area contributed by atoms with Gasteiger partial charge in [-0.2, -0.15) is 0 Å². The Labute approximate surface area is 105 Å². The fraction of sp³-hybridized carbons (Fsp3) is 0.333. The zero-order valence-electron chi connectivity index (χ0n) is 8.90. The van der Waals surface area contributed by atoms with E-state index in [1.165, 1.54) is 22.2 Å². The minimum atomic E-state index is 0. The summed E-state index contributed by atoms with van der Waals surface area (Å²) in [5.74, 6) is 0. The molecular weight excluding hydrogens is 240 g/mol. The van der Waals surface area contributed by atoms with Crippen molar-refractivity contribution in [1.82, 2.24) is 5.32 Å². The van der Waals surface area contributed by atoms with E-state index in [1.807, 2.05) is 11.3 Å². The molecule has 0 unspecified atom stereocenters. The van der Waals surface area contributed by atoms with Crippen molar-refractivity contribution < 1.29 is 0 Å². The SMILES string of the molecule is Cl.c1cc(N[C@@H]2CCNC2)c2sccc2c1. The number of nitrogens with one attached hydrogen (secondary N) is 2. The molecule has 0 aliphatic carbocycles. The maximum atomic E-state index is 3.62. The van der Waals surface area contributed by atoms with Gasteiger partial charge in [-0.1, -0.05) is 12.1 Å². The number of thiophene rings is 1. The molecule has 1 aromatic heterocycles. The average Bonchev–Trinajstić information content (AvgIpc) is 2.87. The van der Waals surface area contributed by atoms with Crippen LogP contribution in [0.5, 0.6) is 0 Å². The number of hydrogen-bond donors (Lipinski definition) is 2. The molecule has 1 saturated heterocycles. The Balaban J connectivity index is 0.000000963. The van der Waals surface area contributed by atoms with Crippen LogP contribution in [0.2, 0.25) is 0 Å². The van der Waals surface area contributed by atoms with E-state index >= 15 is 0 Å². The molecule has 1 fully saturated rings. The van der Waals surface area contributed by atoms with Gasteiger partial charge in [0.2, 0.25) is 0 Å². The highest BCUT2D eigenvalue weighted by atomic mass is 35.5. The first-order chi connectivity index (χ1) is 7.43. The van der Waals surface area contributed by atoms with Crippen LogP contribution >= 0.6 is 23.7 Å². The summed E-state index contributed by atoms with van der Waals surface area (Å²) in [5.41, 5.74) is 1.29. The molecule has 0 bridgehead atoms. The van der Waals surface area contributed by atoms with Crippen molar-refractivity contribution in [3.8, 4) is 0 Å². The Morgan fingerprint density at radius 1 is 1.31 bits per heavy atom. The van der Waals surface area contributed by atoms with Gasteiger partial charge in [0.05, 0.1) is 10.4 Å². The third-order valence-corrected chi connectivity index (χ3v) is 3.86. The van der Waals surface area contributed by atoms with Gasteiger partial charge in [-0.3, -0.25) is 0 Å². The van der Waals surface area contributed by atoms with Gasteiger partial charge in [0.1, 0.15) is 0 Å². The molecule has 0 amide bonds. The highest BCUT2D eigenvalue weighted by Crippen LogP contribution is 2.29. The summed E-state index contributed by atoms with van der Waals surface area (Å²) in [5, 5.41) is 10.5. The summed E-state index contributed by atoms with van der Waals surface area (Å²) in [4.78, 5) is 0. The lowest BCUT2D eigenvalue weighted by atomic mass is 10.2. The minimum Gasteiger partial charge on any atom is -0.380 e. The quantitative estimate of drug-likeness (QED) is 0.861. The number of hydrogen-bond acceptors (Lipinski definition) is 3. The standard InChI is InChI=1S/C12H14N2S.ClH/c1-2-9-5-7-15-12(9)11(3-1)14-10-4-6-13-8-10;/h1-3,5,7,10,13-14H,4,6,8H2;1H/t10-;/m1./s1. The van der Waals surface area contributed by atoms with E-state index in [4.69, 9.17) is 0 Å². The van der Waals surface area contributed by atoms with Crippen LogP contribution in [-0.4, -0.2) is 19.1 Å². The molecule has 0 saturated carbocycles. The smallest absolute Gasteiger partial charge is 0.0574 e. The predicted octanol–water partition coefficient (Wildman–Crippen LogP) is 3.10. The number of halogens is 1. The summed E-state index contributed by atoms with van der Waals surface area (Å²) in [6.45, 7) is 2.22. The molecule has 2 nitrogen and oxygen atoms in total. The number of benzene rings is 1. The van der Waals surface area contributed by atoms with Crippen LogP contribution < -0.4 is 10.6 Å². The predicted molar refractivity (Wildman–Crippen MR) is 74.0 cm³/mol. The Bertz CT molecular complexity index is 463. The molecule has 2 aromatic rings. The van der Waals surface area contributed by atoms with Crippen LogP contribution in [0.3, 0.4) is 0 Å². The van der Waals surface area contributed by atoms with Crippen molar-refractivity contribution in [3.05, 3.63) is 29.6 Å². The first-order valence-corrected chi connectivity index (χ1v) is 6.25. The molecule has 1 aliphatic heterocycles. The van der Waals surface area contributed by atoms with Crippen LogP contribution in [-0.2, 0) is 0 Å². The van der Waals surface area contributed by atoms with Gasteiger partial charge in [-0.15, -0.1) is 23.7 Å². The third kappa shape index (κ3) is 2.17. The highest BCUT2D eigenvalue weighted by molar-refractivity contribution is 7.17. The Kier molecular flexibility index (Phi) is 3.69. The first-order valence-electron chi connectivity index (χ1n) is 5.37. The Hall–Kier alpha value is -0.770. The van der Waals surface area contributed by atoms with Crippen LogP contribution in [0.1, 0.15) is 6.42 Å². The maximum Gasteiger partial charge on any atom is 0.0574 e. The molecule has 3 rings (SSSR count). The maximum absolute atomic E-state index is 3.62. The van der Waals surface area contributed by atoms with E-state index in [1.54, 1.807) is 0 Å². The van der Waals surface area contributed by atoms with Gasteiger partial charge < -0.3 is 10.6 Å². The molecule has 2 heterocycles. The van der Waals surface area contributed by atoms with Gasteiger partial charge in [-0.25, -0.2) is 0 Å². The lowest BCUT2D eigenvalue weighted by Crippen LogP contribution is -2.21. The molecule has 0 spiro atoms. The first kappa shape index (κ1) is 11.7. The van der Waals surface area contributed by atoms with Gasteiger partial charge in [0.25, 0.3) is 0 Å². The van der Waals surface area contributed by atoms with Crippen LogP contribution in [0.15, 0.2) is 29.6 Å². The van der Waals surface area contributed by atoms with Crippen molar-refractivity contribution in [2.75, 3.05) is 18.4 Å². The molecule has 0 radical (unpaired) electrons. The topological polar surface area (TPSA) is 24.1 Å². The minimum absolute atomic E-state index is 0. The summed E-state index contributed by atoms with van der Waals surface area (Å²) < 4.78 is 1.38. The van der Waals surface area contributed by atoms with Crippen molar-refractivity contribution >= 4 is 39.5 Å². The second-order valence-electron chi connectivity index (χ2n) is 3.98. The van der Waals surface area contributed by atoms with E-state index in [2.05, 4.69) is 40.3 Å². The van der Waals surface area contributed by atoms with Crippen molar-refractivity contribution in [1.29, 1.82) is 0 Å². The molecule has 16 heavy (non-hydrogen) atoms. The number of anilines is 1. The zero-order valence-corrected chi connectivity index (χ0v) is 10.5. The van der Waals surface area contributed by atoms with Crippen LogP contribution in [0.25, 0.3) is 10.1 Å². The van der Waals surface area contributed by atoms with Crippen LogP contribution in [0.4, 0.5) is 5.69 Å². The van der Waals surface area contributed by atoms with Crippen molar-refractivity contribution in [2.45, 2.75) is 12.5 Å². The van der Waals surface area contributed by atoms with Crippen molar-refractivity contribution in [3.63, 3.8) is 0 Å². The van der Waals surface area contributed by atoms with Gasteiger partial charge in [-0.05, 0) is 35.9 Å². The lowest BCUT2D eigenvalue weighted by Gasteiger charge is -2.13. The Morgan fingerprint density at radius 2 is 2.25 bits per heavy atom. The van der Waals surface area contributed by atoms with E-state index < -0.39 is 0 Å². The second kappa shape index (κ2) is 5.04. The molecule has 2 N–H and O–H groups in total. The Morgan fingerprint density at radius 3 is 3.06 bits per heavy atom. The van der Waals surface area contributed by atoms with Gasteiger partial charge >= 0.3 is 0 Å². The van der Waals surface area contributed by atoms with E-state index in [0.717, 1.165) is 13.1 Å². The largest absolute Gasteiger partial charge is 0.380 e. The molecule has 1 atom stereocenters. The van der Waals surface area contributed by atoms with E-state index in [9.17, 15) is 0 Å². The molecule has 1 aromatic carbocycles. The van der Waals surface area contributed by atoms with Crippen LogP contribution in [0, 0.1) is 0 Å². The third-order valence-electron chi connectivity index (χ3n) is 2.90. The average molecular weight is 255 g/mol. The fourth-order valence-corrected chi connectivity index (χ4v) is 2.98. The number of fused-ring (bicyclic) bond motifs is 1. The zero-order chi connectivity index (χ0) is 10.1. The normalized spacial score (nSPS) is 19.6. The summed E-state index contributed by atoms with van der Waals surface area (Å²) >= 11 is 1.81. The summed E-state index contributed by atoms with van der Waals surface area (Å²) in [7, 11) is 0. The monoisotopic (exact) mass is 254 g/mol.